The molecule has 0 spiro atoms. The molecule has 66 valence electrons. The maximum absolute atomic E-state index is 9.47. The molecule has 0 saturated carbocycles. The van der Waals surface area contributed by atoms with Gasteiger partial charge < -0.3 is 5.11 Å². The van der Waals surface area contributed by atoms with E-state index in [1.165, 1.54) is 0 Å². The minimum Gasteiger partial charge on any atom is -0.508 e. The quantitative estimate of drug-likeness (QED) is 0.536. The highest BCUT2D eigenvalue weighted by Gasteiger charge is 2.07. The van der Waals surface area contributed by atoms with Crippen molar-refractivity contribution in [3.8, 4) is 5.75 Å². The Balaban J connectivity index is 3.01. The molecule has 0 bridgehead atoms. The van der Waals surface area contributed by atoms with Crippen LogP contribution in [0.15, 0.2) is 22.7 Å². The first-order valence-electron chi connectivity index (χ1n) is 3.59. The monoisotopic (exact) mass is 230 g/mol. The first-order chi connectivity index (χ1) is 5.65. The van der Waals surface area contributed by atoms with Crippen molar-refractivity contribution in [3.63, 3.8) is 0 Å². The van der Waals surface area contributed by atoms with Crippen LogP contribution in [0.1, 0.15) is 18.5 Å². The SMILES string of the molecule is CC(NN)c1ccc(Br)cc1O. The average Bonchev–Trinajstić information content (AvgIpc) is 2.03. The first-order valence-corrected chi connectivity index (χ1v) is 4.39. The molecule has 4 heteroatoms. The number of hydrogen-bond acceptors (Lipinski definition) is 3. The Morgan fingerprint density at radius 3 is 2.75 bits per heavy atom. The Morgan fingerprint density at radius 1 is 1.58 bits per heavy atom. The normalized spacial score (nSPS) is 12.9. The lowest BCUT2D eigenvalue weighted by molar-refractivity contribution is 0.454. The Labute approximate surface area is 79.7 Å². The highest BCUT2D eigenvalue weighted by Crippen LogP contribution is 2.26. The van der Waals surface area contributed by atoms with Crippen LogP contribution in [0.2, 0.25) is 0 Å². The molecule has 0 heterocycles. The number of nitrogens with one attached hydrogen (secondary N) is 1. The number of nitrogens with two attached hydrogens (primary N) is 1. The second-order valence-corrected chi connectivity index (χ2v) is 3.51. The highest BCUT2D eigenvalue weighted by atomic mass is 79.9. The molecule has 0 aliphatic carbocycles. The standard InChI is InChI=1S/C8H11BrN2O/c1-5(11-10)7-3-2-6(9)4-8(7)12/h2-5,11-12H,10H2,1H3. The zero-order valence-electron chi connectivity index (χ0n) is 6.71. The summed E-state index contributed by atoms with van der Waals surface area (Å²) in [5, 5.41) is 9.47. The fraction of sp³-hybridized carbons (Fsp3) is 0.250. The van der Waals surface area contributed by atoms with E-state index in [1.54, 1.807) is 6.07 Å². The number of halogens is 1. The van der Waals surface area contributed by atoms with Gasteiger partial charge in [-0.2, -0.15) is 0 Å². The molecule has 0 radical (unpaired) electrons. The van der Waals surface area contributed by atoms with Gasteiger partial charge in [-0.25, -0.2) is 0 Å². The van der Waals surface area contributed by atoms with E-state index in [0.29, 0.717) is 0 Å². The molecule has 1 aromatic rings. The Bertz CT molecular complexity index is 278. The molecule has 0 aliphatic rings. The van der Waals surface area contributed by atoms with Crippen molar-refractivity contribution in [3.05, 3.63) is 28.2 Å². The van der Waals surface area contributed by atoms with Crippen molar-refractivity contribution >= 4 is 15.9 Å². The number of hydrogen-bond donors (Lipinski definition) is 3. The van der Waals surface area contributed by atoms with Gasteiger partial charge in [0.1, 0.15) is 5.75 Å². The van der Waals surface area contributed by atoms with Gasteiger partial charge in [-0.1, -0.05) is 22.0 Å². The van der Waals surface area contributed by atoms with E-state index in [2.05, 4.69) is 21.4 Å². The van der Waals surface area contributed by atoms with E-state index in [1.807, 2.05) is 19.1 Å². The number of phenols is 1. The van der Waals surface area contributed by atoms with Crippen LogP contribution in [0.25, 0.3) is 0 Å². The highest BCUT2D eigenvalue weighted by molar-refractivity contribution is 9.10. The second kappa shape index (κ2) is 3.89. The molecule has 0 aliphatic heterocycles. The number of phenolic OH excluding ortho intramolecular Hbond substituents is 1. The molecule has 12 heavy (non-hydrogen) atoms. The second-order valence-electron chi connectivity index (χ2n) is 2.59. The van der Waals surface area contributed by atoms with E-state index in [0.717, 1.165) is 10.0 Å². The smallest absolute Gasteiger partial charge is 0.121 e. The molecule has 1 aromatic carbocycles. The molecule has 4 N–H and O–H groups in total. The molecular weight excluding hydrogens is 220 g/mol. The maximum atomic E-state index is 9.47. The van der Waals surface area contributed by atoms with Crippen LogP contribution < -0.4 is 11.3 Å². The Morgan fingerprint density at radius 2 is 2.25 bits per heavy atom. The summed E-state index contributed by atoms with van der Waals surface area (Å²) in [6.45, 7) is 1.88. The van der Waals surface area contributed by atoms with Crippen LogP contribution in [-0.4, -0.2) is 5.11 Å². The summed E-state index contributed by atoms with van der Waals surface area (Å²) in [6.07, 6.45) is 0. The average molecular weight is 231 g/mol. The molecule has 0 amide bonds. The van der Waals surface area contributed by atoms with Crippen LogP contribution in [0.3, 0.4) is 0 Å². The number of benzene rings is 1. The molecule has 1 unspecified atom stereocenters. The zero-order valence-corrected chi connectivity index (χ0v) is 8.30. The van der Waals surface area contributed by atoms with E-state index in [4.69, 9.17) is 5.84 Å². The number of hydrazine groups is 1. The maximum Gasteiger partial charge on any atom is 0.121 e. The van der Waals surface area contributed by atoms with Gasteiger partial charge in [0.25, 0.3) is 0 Å². The lowest BCUT2D eigenvalue weighted by Gasteiger charge is -2.11. The lowest BCUT2D eigenvalue weighted by Crippen LogP contribution is -2.25. The van der Waals surface area contributed by atoms with Crippen LogP contribution in [0.4, 0.5) is 0 Å². The predicted molar refractivity (Wildman–Crippen MR) is 51.5 cm³/mol. The zero-order chi connectivity index (χ0) is 9.14. The van der Waals surface area contributed by atoms with Gasteiger partial charge >= 0.3 is 0 Å². The Kier molecular flexibility index (Phi) is 3.08. The lowest BCUT2D eigenvalue weighted by atomic mass is 10.1. The molecule has 0 saturated heterocycles. The summed E-state index contributed by atoms with van der Waals surface area (Å²) in [6, 6.07) is 5.29. The minimum atomic E-state index is -0.0434. The van der Waals surface area contributed by atoms with Crippen molar-refractivity contribution < 1.29 is 5.11 Å². The fourth-order valence-corrected chi connectivity index (χ4v) is 1.32. The summed E-state index contributed by atoms with van der Waals surface area (Å²) < 4.78 is 0.855. The van der Waals surface area contributed by atoms with E-state index >= 15 is 0 Å². The third-order valence-electron chi connectivity index (χ3n) is 1.71. The van der Waals surface area contributed by atoms with Gasteiger partial charge in [-0.05, 0) is 19.1 Å². The summed E-state index contributed by atoms with van der Waals surface area (Å²) in [5.74, 6) is 5.48. The van der Waals surface area contributed by atoms with E-state index < -0.39 is 0 Å². The number of rotatable bonds is 2. The summed E-state index contributed by atoms with van der Waals surface area (Å²) in [7, 11) is 0. The van der Waals surface area contributed by atoms with Crippen LogP contribution in [0, 0.1) is 0 Å². The fourth-order valence-electron chi connectivity index (χ4n) is 0.973. The first kappa shape index (κ1) is 9.51. The summed E-state index contributed by atoms with van der Waals surface area (Å²) >= 11 is 3.26. The molecule has 0 fully saturated rings. The van der Waals surface area contributed by atoms with Gasteiger partial charge in [0.15, 0.2) is 0 Å². The van der Waals surface area contributed by atoms with Gasteiger partial charge in [0, 0.05) is 16.1 Å². The van der Waals surface area contributed by atoms with Gasteiger partial charge in [0.05, 0.1) is 0 Å². The third-order valence-corrected chi connectivity index (χ3v) is 2.20. The Hall–Kier alpha value is -0.580. The van der Waals surface area contributed by atoms with Crippen molar-refractivity contribution in [2.45, 2.75) is 13.0 Å². The topological polar surface area (TPSA) is 58.3 Å². The van der Waals surface area contributed by atoms with Gasteiger partial charge in [-0.15, -0.1) is 0 Å². The molecule has 3 nitrogen and oxygen atoms in total. The van der Waals surface area contributed by atoms with Crippen LogP contribution in [0.5, 0.6) is 5.75 Å². The van der Waals surface area contributed by atoms with E-state index in [9.17, 15) is 5.11 Å². The summed E-state index contributed by atoms with van der Waals surface area (Å²) in [5.41, 5.74) is 3.36. The number of aromatic hydroxyl groups is 1. The van der Waals surface area contributed by atoms with Crippen molar-refractivity contribution in [1.82, 2.24) is 5.43 Å². The van der Waals surface area contributed by atoms with Crippen molar-refractivity contribution in [2.24, 2.45) is 5.84 Å². The molecule has 1 rings (SSSR count). The van der Waals surface area contributed by atoms with Gasteiger partial charge in [0.2, 0.25) is 0 Å². The van der Waals surface area contributed by atoms with Crippen molar-refractivity contribution in [2.75, 3.05) is 0 Å². The molecular formula is C8H11BrN2O. The largest absolute Gasteiger partial charge is 0.508 e. The van der Waals surface area contributed by atoms with Crippen LogP contribution in [-0.2, 0) is 0 Å². The van der Waals surface area contributed by atoms with Crippen molar-refractivity contribution in [1.29, 1.82) is 0 Å². The minimum absolute atomic E-state index is 0.0434. The van der Waals surface area contributed by atoms with E-state index in [-0.39, 0.29) is 11.8 Å². The third kappa shape index (κ3) is 1.97. The predicted octanol–water partition coefficient (Wildman–Crippen LogP) is 1.68. The summed E-state index contributed by atoms with van der Waals surface area (Å²) in [4.78, 5) is 0. The van der Waals surface area contributed by atoms with Gasteiger partial charge in [-0.3, -0.25) is 11.3 Å². The molecule has 0 aromatic heterocycles. The van der Waals surface area contributed by atoms with Crippen LogP contribution >= 0.6 is 15.9 Å². The molecule has 1 atom stereocenters.